The van der Waals surface area contributed by atoms with Gasteiger partial charge in [-0.3, -0.25) is 0 Å². The molecule has 0 saturated heterocycles. The zero-order chi connectivity index (χ0) is 13.6. The van der Waals surface area contributed by atoms with Gasteiger partial charge >= 0.3 is 0 Å². The van der Waals surface area contributed by atoms with Crippen molar-refractivity contribution in [2.45, 2.75) is 13.8 Å². The van der Waals surface area contributed by atoms with Crippen LogP contribution in [0.25, 0.3) is 22.4 Å². The lowest BCUT2D eigenvalue weighted by Crippen LogP contribution is -1.83. The van der Waals surface area contributed by atoms with Gasteiger partial charge in [0.15, 0.2) is 0 Å². The van der Waals surface area contributed by atoms with Gasteiger partial charge in [-0.1, -0.05) is 11.6 Å². The van der Waals surface area contributed by atoms with Crippen LogP contribution in [0.2, 0.25) is 5.02 Å². The van der Waals surface area contributed by atoms with E-state index in [1.807, 2.05) is 18.2 Å². The van der Waals surface area contributed by atoms with Gasteiger partial charge in [-0.05, 0) is 77.9 Å². The molecule has 0 spiro atoms. The maximum atomic E-state index is 6.26. The zero-order valence-corrected chi connectivity index (χ0v) is 13.5. The monoisotopic (exact) mass is 382 g/mol. The average molecular weight is 383 g/mol. The normalized spacial score (nSPS) is 11.2. The lowest BCUT2D eigenvalue weighted by molar-refractivity contribution is 1.33. The van der Waals surface area contributed by atoms with Crippen molar-refractivity contribution in [2.24, 2.45) is 0 Å². The molecule has 96 valence electrons. The first-order valence-corrected chi connectivity index (χ1v) is 7.42. The summed E-state index contributed by atoms with van der Waals surface area (Å²) in [7, 11) is 0. The third-order valence-electron chi connectivity index (χ3n) is 3.28. The van der Waals surface area contributed by atoms with Crippen LogP contribution in [0.4, 0.5) is 0 Å². The van der Waals surface area contributed by atoms with Crippen LogP contribution in [0.5, 0.6) is 0 Å². The maximum Gasteiger partial charge on any atom is 0.140 e. The van der Waals surface area contributed by atoms with E-state index in [0.29, 0.717) is 5.02 Å². The minimum atomic E-state index is 0.716. The molecule has 2 aromatic carbocycles. The van der Waals surface area contributed by atoms with E-state index in [9.17, 15) is 0 Å². The molecular weight excluding hydrogens is 371 g/mol. The topological polar surface area (TPSA) is 28.7 Å². The molecule has 3 aromatic rings. The molecule has 0 aliphatic carbocycles. The Kier molecular flexibility index (Phi) is 3.27. The number of hydrogen-bond donors (Lipinski definition) is 1. The van der Waals surface area contributed by atoms with Crippen molar-refractivity contribution in [1.29, 1.82) is 0 Å². The minimum absolute atomic E-state index is 0.716. The third kappa shape index (κ3) is 2.37. The zero-order valence-electron chi connectivity index (χ0n) is 10.6. The van der Waals surface area contributed by atoms with Gasteiger partial charge in [0.05, 0.1) is 16.1 Å². The van der Waals surface area contributed by atoms with Crippen molar-refractivity contribution in [3.05, 3.63) is 50.1 Å². The first-order chi connectivity index (χ1) is 9.04. The summed E-state index contributed by atoms with van der Waals surface area (Å²) in [6.45, 7) is 4.20. The Hall–Kier alpha value is -1.07. The van der Waals surface area contributed by atoms with E-state index in [4.69, 9.17) is 11.6 Å². The van der Waals surface area contributed by atoms with Crippen LogP contribution in [0.3, 0.4) is 0 Å². The molecule has 0 fully saturated rings. The van der Waals surface area contributed by atoms with E-state index in [1.54, 1.807) is 0 Å². The summed E-state index contributed by atoms with van der Waals surface area (Å²) in [5.41, 5.74) is 5.48. The summed E-state index contributed by atoms with van der Waals surface area (Å²) in [6.07, 6.45) is 0. The van der Waals surface area contributed by atoms with Gasteiger partial charge in [0.2, 0.25) is 0 Å². The molecule has 0 unspecified atom stereocenters. The molecule has 0 bridgehead atoms. The number of rotatable bonds is 1. The summed E-state index contributed by atoms with van der Waals surface area (Å²) in [4.78, 5) is 7.99. The quantitative estimate of drug-likeness (QED) is 0.583. The molecule has 3 rings (SSSR count). The Morgan fingerprint density at radius 1 is 1.11 bits per heavy atom. The van der Waals surface area contributed by atoms with E-state index in [2.05, 4.69) is 58.5 Å². The third-order valence-corrected chi connectivity index (χ3v) is 4.28. The second-order valence-corrected chi connectivity index (χ2v) is 6.32. The standard InChI is InChI=1S/C15H12ClIN2/c1-8-5-13-14(6-9(8)2)19-15(18-13)11-7-10(17)3-4-12(11)16/h3-7H,1-2H3,(H,18,19). The Morgan fingerprint density at radius 3 is 2.63 bits per heavy atom. The van der Waals surface area contributed by atoms with Crippen LogP contribution in [-0.2, 0) is 0 Å². The highest BCUT2D eigenvalue weighted by atomic mass is 127. The summed E-state index contributed by atoms with van der Waals surface area (Å²) >= 11 is 8.54. The summed E-state index contributed by atoms with van der Waals surface area (Å²) < 4.78 is 1.14. The van der Waals surface area contributed by atoms with Crippen LogP contribution in [0.15, 0.2) is 30.3 Å². The number of fused-ring (bicyclic) bond motifs is 1. The number of aromatic amines is 1. The van der Waals surface area contributed by atoms with Crippen LogP contribution in [-0.4, -0.2) is 9.97 Å². The Bertz CT molecular complexity index is 738. The molecule has 0 aliphatic heterocycles. The predicted octanol–water partition coefficient (Wildman–Crippen LogP) is 5.10. The fourth-order valence-corrected chi connectivity index (χ4v) is 2.77. The maximum absolute atomic E-state index is 6.26. The molecule has 2 nitrogen and oxygen atoms in total. The molecule has 1 N–H and O–H groups in total. The highest BCUT2D eigenvalue weighted by Gasteiger charge is 2.10. The molecule has 0 radical (unpaired) electrons. The number of nitrogens with one attached hydrogen (secondary N) is 1. The van der Waals surface area contributed by atoms with Crippen molar-refractivity contribution in [2.75, 3.05) is 0 Å². The lowest BCUT2D eigenvalue weighted by atomic mass is 10.1. The Morgan fingerprint density at radius 2 is 1.84 bits per heavy atom. The number of benzene rings is 2. The number of hydrogen-bond acceptors (Lipinski definition) is 1. The summed E-state index contributed by atoms with van der Waals surface area (Å²) in [6, 6.07) is 10.2. The van der Waals surface area contributed by atoms with Crippen molar-refractivity contribution < 1.29 is 0 Å². The molecule has 1 heterocycles. The van der Waals surface area contributed by atoms with Gasteiger partial charge < -0.3 is 4.98 Å². The van der Waals surface area contributed by atoms with E-state index in [1.165, 1.54) is 11.1 Å². The number of nitrogens with zero attached hydrogens (tertiary/aromatic N) is 1. The average Bonchev–Trinajstić information content (AvgIpc) is 2.75. The molecule has 0 amide bonds. The van der Waals surface area contributed by atoms with E-state index >= 15 is 0 Å². The number of aromatic nitrogens is 2. The highest BCUT2D eigenvalue weighted by Crippen LogP contribution is 2.29. The van der Waals surface area contributed by atoms with Crippen LogP contribution >= 0.6 is 34.2 Å². The van der Waals surface area contributed by atoms with Crippen molar-refractivity contribution in [3.63, 3.8) is 0 Å². The largest absolute Gasteiger partial charge is 0.338 e. The minimum Gasteiger partial charge on any atom is -0.338 e. The van der Waals surface area contributed by atoms with Crippen molar-refractivity contribution in [1.82, 2.24) is 9.97 Å². The lowest BCUT2D eigenvalue weighted by Gasteiger charge is -2.00. The van der Waals surface area contributed by atoms with Gasteiger partial charge in [-0.15, -0.1) is 0 Å². The first-order valence-electron chi connectivity index (χ1n) is 5.97. The molecule has 0 atom stereocenters. The van der Waals surface area contributed by atoms with Gasteiger partial charge in [-0.2, -0.15) is 0 Å². The molecule has 0 saturated carbocycles. The second kappa shape index (κ2) is 4.80. The van der Waals surface area contributed by atoms with E-state index in [0.717, 1.165) is 26.0 Å². The highest BCUT2D eigenvalue weighted by molar-refractivity contribution is 14.1. The SMILES string of the molecule is Cc1cc2nc(-c3cc(I)ccc3Cl)[nH]c2cc1C. The first kappa shape index (κ1) is 12.9. The van der Waals surface area contributed by atoms with Crippen LogP contribution in [0, 0.1) is 17.4 Å². The van der Waals surface area contributed by atoms with Crippen LogP contribution < -0.4 is 0 Å². The van der Waals surface area contributed by atoms with Crippen molar-refractivity contribution >= 4 is 45.2 Å². The van der Waals surface area contributed by atoms with Gasteiger partial charge in [0.1, 0.15) is 5.82 Å². The fourth-order valence-electron chi connectivity index (χ4n) is 2.08. The van der Waals surface area contributed by atoms with Crippen molar-refractivity contribution in [3.8, 4) is 11.4 Å². The van der Waals surface area contributed by atoms with E-state index in [-0.39, 0.29) is 0 Å². The fraction of sp³-hybridized carbons (Fsp3) is 0.133. The Balaban J connectivity index is 2.23. The van der Waals surface area contributed by atoms with Crippen LogP contribution in [0.1, 0.15) is 11.1 Å². The molecule has 19 heavy (non-hydrogen) atoms. The predicted molar refractivity (Wildman–Crippen MR) is 88.7 cm³/mol. The molecule has 4 heteroatoms. The Labute approximate surface area is 130 Å². The summed E-state index contributed by atoms with van der Waals surface area (Å²) in [5, 5.41) is 0.716. The smallest absolute Gasteiger partial charge is 0.140 e. The number of halogens is 2. The van der Waals surface area contributed by atoms with Gasteiger partial charge in [0, 0.05) is 9.13 Å². The van der Waals surface area contributed by atoms with Gasteiger partial charge in [-0.25, -0.2) is 4.98 Å². The summed E-state index contributed by atoms with van der Waals surface area (Å²) in [5.74, 6) is 0.823. The van der Waals surface area contributed by atoms with E-state index < -0.39 is 0 Å². The number of imidazole rings is 1. The molecular formula is C15H12ClIN2. The molecule has 1 aromatic heterocycles. The number of H-pyrrole nitrogens is 1. The molecule has 0 aliphatic rings. The van der Waals surface area contributed by atoms with Gasteiger partial charge in [0.25, 0.3) is 0 Å². The number of aryl methyl sites for hydroxylation is 2. The second-order valence-electron chi connectivity index (χ2n) is 4.66.